The van der Waals surface area contributed by atoms with Gasteiger partial charge in [0.2, 0.25) is 5.91 Å². The Balaban J connectivity index is 1.88. The van der Waals surface area contributed by atoms with Crippen LogP contribution in [0, 0.1) is 0 Å². The lowest BCUT2D eigenvalue weighted by atomic mass is 10.1. The van der Waals surface area contributed by atoms with Crippen LogP contribution in [0.15, 0.2) is 29.1 Å². The van der Waals surface area contributed by atoms with Crippen LogP contribution >= 0.6 is 0 Å². The summed E-state index contributed by atoms with van der Waals surface area (Å²) in [6, 6.07) is 6.36. The number of fused-ring (bicyclic) bond motifs is 1. The third kappa shape index (κ3) is 3.22. The van der Waals surface area contributed by atoms with Crippen molar-refractivity contribution < 1.29 is 19.1 Å². The van der Waals surface area contributed by atoms with Gasteiger partial charge in [0, 0.05) is 18.4 Å². The molecule has 2 aromatic rings. The van der Waals surface area contributed by atoms with Gasteiger partial charge in [0.1, 0.15) is 0 Å². The number of aromatic nitrogens is 2. The van der Waals surface area contributed by atoms with E-state index in [1.807, 2.05) is 0 Å². The average Bonchev–Trinajstić information content (AvgIpc) is 3.05. The molecule has 8 nitrogen and oxygen atoms in total. The van der Waals surface area contributed by atoms with Gasteiger partial charge in [-0.05, 0) is 26.3 Å². The normalized spacial score (nSPS) is 14.3. The molecule has 0 N–H and O–H groups in total. The lowest BCUT2D eigenvalue weighted by Gasteiger charge is -2.15. The summed E-state index contributed by atoms with van der Waals surface area (Å²) in [6.45, 7) is 3.36. The minimum absolute atomic E-state index is 0.0329. The molecule has 26 heavy (non-hydrogen) atoms. The fourth-order valence-electron chi connectivity index (χ4n) is 2.89. The molecular weight excluding hydrogens is 338 g/mol. The van der Waals surface area contributed by atoms with E-state index in [2.05, 4.69) is 5.10 Å². The van der Waals surface area contributed by atoms with Crippen LogP contribution in [0.3, 0.4) is 0 Å². The Kier molecular flexibility index (Phi) is 4.83. The molecule has 8 heteroatoms. The Morgan fingerprint density at radius 2 is 1.88 bits per heavy atom. The molecule has 1 aliphatic heterocycles. The maximum Gasteiger partial charge on any atom is 0.359 e. The van der Waals surface area contributed by atoms with Crippen LogP contribution in [0.1, 0.15) is 43.2 Å². The Bertz CT molecular complexity index is 947. The number of carbonyl (C=O) groups is 3. The summed E-state index contributed by atoms with van der Waals surface area (Å²) in [5, 5.41) is 4.84. The van der Waals surface area contributed by atoms with Crippen LogP contribution < -0.4 is 5.56 Å². The molecule has 2 amide bonds. The zero-order valence-electron chi connectivity index (χ0n) is 14.6. The van der Waals surface area contributed by atoms with Gasteiger partial charge in [-0.15, -0.1) is 0 Å². The van der Waals surface area contributed by atoms with Crippen molar-refractivity contribution in [1.29, 1.82) is 0 Å². The van der Waals surface area contributed by atoms with Crippen molar-refractivity contribution in [3.8, 4) is 0 Å². The molecule has 1 fully saturated rings. The zero-order chi connectivity index (χ0) is 18.8. The number of amides is 2. The van der Waals surface area contributed by atoms with Crippen LogP contribution in [0.5, 0.6) is 0 Å². The number of rotatable bonds is 4. The number of likely N-dealkylation sites (tertiary alicyclic amines) is 1. The summed E-state index contributed by atoms with van der Waals surface area (Å²) in [5.74, 6) is -1.62. The van der Waals surface area contributed by atoms with Crippen molar-refractivity contribution in [3.05, 3.63) is 40.3 Å². The van der Waals surface area contributed by atoms with Gasteiger partial charge < -0.3 is 4.74 Å². The number of nitrogens with zero attached hydrogens (tertiary/aromatic N) is 3. The largest absolute Gasteiger partial charge is 0.451 e. The van der Waals surface area contributed by atoms with Gasteiger partial charge in [0.15, 0.2) is 12.3 Å². The van der Waals surface area contributed by atoms with Crippen LogP contribution in [0.4, 0.5) is 0 Å². The topological polar surface area (TPSA) is 98.6 Å². The van der Waals surface area contributed by atoms with Crippen LogP contribution in [0.2, 0.25) is 0 Å². The highest BCUT2D eigenvalue weighted by Gasteiger charge is 2.28. The van der Waals surface area contributed by atoms with Gasteiger partial charge in [0.05, 0.1) is 11.4 Å². The van der Waals surface area contributed by atoms with Crippen molar-refractivity contribution in [2.45, 2.75) is 32.7 Å². The van der Waals surface area contributed by atoms with Gasteiger partial charge in [-0.25, -0.2) is 9.48 Å². The molecule has 1 aliphatic rings. The van der Waals surface area contributed by atoms with Crippen molar-refractivity contribution in [1.82, 2.24) is 14.7 Å². The highest BCUT2D eigenvalue weighted by Crippen LogP contribution is 2.16. The molecule has 0 saturated carbocycles. The van der Waals surface area contributed by atoms with E-state index in [-0.39, 0.29) is 23.2 Å². The van der Waals surface area contributed by atoms with E-state index in [4.69, 9.17) is 4.74 Å². The predicted octanol–water partition coefficient (Wildman–Crippen LogP) is 1.28. The molecule has 1 saturated heterocycles. The summed E-state index contributed by atoms with van der Waals surface area (Å²) >= 11 is 0. The van der Waals surface area contributed by atoms with E-state index in [1.165, 1.54) is 4.68 Å². The lowest BCUT2D eigenvalue weighted by Crippen LogP contribution is -2.35. The lowest BCUT2D eigenvalue weighted by molar-refractivity contribution is -0.143. The summed E-state index contributed by atoms with van der Waals surface area (Å²) in [7, 11) is 0. The third-order valence-corrected chi connectivity index (χ3v) is 4.21. The van der Waals surface area contributed by atoms with Gasteiger partial charge >= 0.3 is 5.97 Å². The van der Waals surface area contributed by atoms with Crippen molar-refractivity contribution in [3.63, 3.8) is 0 Å². The van der Waals surface area contributed by atoms with Gasteiger partial charge in [-0.3, -0.25) is 19.3 Å². The molecule has 0 aliphatic carbocycles. The predicted molar refractivity (Wildman–Crippen MR) is 92.6 cm³/mol. The molecule has 0 atom stereocenters. The SMILES string of the molecule is CC(C)n1nc(C(=O)OCC(=O)N2CCCC2=O)c2ccccc2c1=O. The van der Waals surface area contributed by atoms with Crippen LogP contribution in [0.25, 0.3) is 10.8 Å². The molecule has 3 rings (SSSR count). The smallest absolute Gasteiger partial charge is 0.359 e. The van der Waals surface area contributed by atoms with Gasteiger partial charge in [-0.1, -0.05) is 18.2 Å². The average molecular weight is 357 g/mol. The van der Waals surface area contributed by atoms with E-state index in [9.17, 15) is 19.2 Å². The number of ether oxygens (including phenoxy) is 1. The first-order valence-electron chi connectivity index (χ1n) is 8.42. The third-order valence-electron chi connectivity index (χ3n) is 4.21. The quantitative estimate of drug-likeness (QED) is 0.765. The molecular formula is C18H19N3O5. The fraction of sp³-hybridized carbons (Fsp3) is 0.389. The number of hydrogen-bond donors (Lipinski definition) is 0. The fourth-order valence-corrected chi connectivity index (χ4v) is 2.89. The first kappa shape index (κ1) is 17.8. The van der Waals surface area contributed by atoms with Gasteiger partial charge in [-0.2, -0.15) is 5.10 Å². The van der Waals surface area contributed by atoms with Crippen molar-refractivity contribution in [2.24, 2.45) is 0 Å². The summed E-state index contributed by atoms with van der Waals surface area (Å²) in [6.07, 6.45) is 0.940. The minimum atomic E-state index is -0.810. The van der Waals surface area contributed by atoms with E-state index in [0.29, 0.717) is 30.2 Å². The molecule has 0 radical (unpaired) electrons. The second kappa shape index (κ2) is 7.07. The highest BCUT2D eigenvalue weighted by molar-refractivity contribution is 6.03. The first-order chi connectivity index (χ1) is 12.4. The number of esters is 1. The minimum Gasteiger partial charge on any atom is -0.451 e. The van der Waals surface area contributed by atoms with Gasteiger partial charge in [0.25, 0.3) is 11.5 Å². The number of hydrogen-bond acceptors (Lipinski definition) is 6. The summed E-state index contributed by atoms with van der Waals surface area (Å²) in [4.78, 5) is 49.7. The van der Waals surface area contributed by atoms with E-state index < -0.39 is 18.5 Å². The number of benzene rings is 1. The molecule has 1 aromatic carbocycles. The Morgan fingerprint density at radius 1 is 1.19 bits per heavy atom. The second-order valence-electron chi connectivity index (χ2n) is 6.36. The number of carbonyl (C=O) groups excluding carboxylic acids is 3. The molecule has 2 heterocycles. The summed E-state index contributed by atoms with van der Waals surface area (Å²) < 4.78 is 6.29. The Labute approximate surface area is 149 Å². The molecule has 0 bridgehead atoms. The van der Waals surface area contributed by atoms with Crippen LogP contribution in [-0.2, 0) is 14.3 Å². The molecule has 0 unspecified atom stereocenters. The number of imide groups is 1. The maximum absolute atomic E-state index is 12.5. The van der Waals surface area contributed by atoms with E-state index in [0.717, 1.165) is 4.90 Å². The second-order valence-corrected chi connectivity index (χ2v) is 6.36. The highest BCUT2D eigenvalue weighted by atomic mass is 16.5. The zero-order valence-corrected chi connectivity index (χ0v) is 14.6. The Hall–Kier alpha value is -3.03. The molecule has 136 valence electrons. The van der Waals surface area contributed by atoms with E-state index in [1.54, 1.807) is 38.1 Å². The maximum atomic E-state index is 12.5. The summed E-state index contributed by atoms with van der Waals surface area (Å²) in [5.41, 5.74) is -0.333. The monoisotopic (exact) mass is 357 g/mol. The molecule has 1 aromatic heterocycles. The Morgan fingerprint density at radius 3 is 2.50 bits per heavy atom. The standard InChI is InChI=1S/C18H19N3O5/c1-11(2)21-17(24)13-7-4-3-6-12(13)16(19-21)18(25)26-10-15(23)20-9-5-8-14(20)22/h3-4,6-7,11H,5,8-10H2,1-2H3. The van der Waals surface area contributed by atoms with Crippen molar-refractivity contribution in [2.75, 3.05) is 13.2 Å². The van der Waals surface area contributed by atoms with Crippen LogP contribution in [-0.4, -0.2) is 45.6 Å². The van der Waals surface area contributed by atoms with Crippen molar-refractivity contribution >= 4 is 28.6 Å². The van der Waals surface area contributed by atoms with E-state index >= 15 is 0 Å². The molecule has 0 spiro atoms. The first-order valence-corrected chi connectivity index (χ1v) is 8.42.